The first-order valence-electron chi connectivity index (χ1n) is 5.02. The molecule has 0 unspecified atom stereocenters. The molecule has 0 bridgehead atoms. The van der Waals surface area contributed by atoms with Crippen LogP contribution in [-0.2, 0) is 9.59 Å². The van der Waals surface area contributed by atoms with Crippen molar-refractivity contribution in [3.63, 3.8) is 0 Å². The number of hydrogen-bond donors (Lipinski definition) is 2. The van der Waals surface area contributed by atoms with Crippen molar-refractivity contribution < 1.29 is 14.7 Å². The number of carboxylic acid groups (broad SMARTS) is 1. The van der Waals surface area contributed by atoms with Crippen molar-refractivity contribution in [2.45, 2.75) is 26.2 Å². The minimum Gasteiger partial charge on any atom is -0.481 e. The zero-order chi connectivity index (χ0) is 12.0. The van der Waals surface area contributed by atoms with E-state index in [9.17, 15) is 9.59 Å². The fraction of sp³-hybridized carbons (Fsp3) is 0.364. The van der Waals surface area contributed by atoms with E-state index in [1.807, 2.05) is 13.0 Å². The topological polar surface area (TPSA) is 79.3 Å². The van der Waals surface area contributed by atoms with Gasteiger partial charge < -0.3 is 10.4 Å². The van der Waals surface area contributed by atoms with Crippen LogP contribution in [0.15, 0.2) is 18.3 Å². The Morgan fingerprint density at radius 1 is 1.44 bits per heavy atom. The molecule has 0 aliphatic heterocycles. The normalized spacial score (nSPS) is 9.81. The van der Waals surface area contributed by atoms with Gasteiger partial charge in [0.25, 0.3) is 0 Å². The van der Waals surface area contributed by atoms with E-state index >= 15 is 0 Å². The van der Waals surface area contributed by atoms with Gasteiger partial charge in [0.1, 0.15) is 5.82 Å². The lowest BCUT2D eigenvalue weighted by atomic mass is 10.2. The summed E-state index contributed by atoms with van der Waals surface area (Å²) < 4.78 is 0. The molecule has 1 amide bonds. The zero-order valence-corrected chi connectivity index (χ0v) is 9.06. The van der Waals surface area contributed by atoms with E-state index in [1.165, 1.54) is 0 Å². The quantitative estimate of drug-likeness (QED) is 0.792. The summed E-state index contributed by atoms with van der Waals surface area (Å²) in [4.78, 5) is 25.6. The first kappa shape index (κ1) is 12.2. The molecule has 1 aromatic rings. The Hall–Kier alpha value is -1.91. The molecule has 0 spiro atoms. The summed E-state index contributed by atoms with van der Waals surface area (Å²) in [5.41, 5.74) is 1.01. The Labute approximate surface area is 93.5 Å². The number of nitrogens with zero attached hydrogens (tertiary/aromatic N) is 1. The molecule has 0 fully saturated rings. The highest BCUT2D eigenvalue weighted by Crippen LogP contribution is 2.06. The summed E-state index contributed by atoms with van der Waals surface area (Å²) in [6.45, 7) is 1.90. The van der Waals surface area contributed by atoms with Crippen molar-refractivity contribution in [1.29, 1.82) is 0 Å². The van der Waals surface area contributed by atoms with Gasteiger partial charge in [-0.25, -0.2) is 4.98 Å². The summed E-state index contributed by atoms with van der Waals surface area (Å²) in [6, 6.07) is 3.59. The van der Waals surface area contributed by atoms with Crippen LogP contribution in [0.5, 0.6) is 0 Å². The van der Waals surface area contributed by atoms with Gasteiger partial charge in [0.05, 0.1) is 0 Å². The molecule has 0 atom stereocenters. The highest BCUT2D eigenvalue weighted by atomic mass is 16.4. The second-order valence-corrected chi connectivity index (χ2v) is 3.51. The fourth-order valence-corrected chi connectivity index (χ4v) is 1.21. The van der Waals surface area contributed by atoms with Gasteiger partial charge in [0, 0.05) is 19.0 Å². The van der Waals surface area contributed by atoms with E-state index in [-0.39, 0.29) is 18.7 Å². The molecule has 0 radical (unpaired) electrons. The number of amides is 1. The van der Waals surface area contributed by atoms with Crippen LogP contribution < -0.4 is 5.32 Å². The van der Waals surface area contributed by atoms with Crippen LogP contribution in [0.4, 0.5) is 5.82 Å². The van der Waals surface area contributed by atoms with Gasteiger partial charge in [-0.05, 0) is 31.0 Å². The van der Waals surface area contributed by atoms with Crippen LogP contribution in [0.2, 0.25) is 0 Å². The van der Waals surface area contributed by atoms with Crippen LogP contribution >= 0.6 is 0 Å². The number of pyridine rings is 1. The van der Waals surface area contributed by atoms with E-state index in [0.717, 1.165) is 5.56 Å². The standard InChI is InChI=1S/C11H14N2O3/c1-8-5-6-12-9(7-8)13-10(14)3-2-4-11(15)16/h5-7H,2-4H2,1H3,(H,15,16)(H,12,13,14). The first-order chi connectivity index (χ1) is 7.58. The molecule has 1 heterocycles. The van der Waals surface area contributed by atoms with Crippen molar-refractivity contribution in [1.82, 2.24) is 4.98 Å². The lowest BCUT2D eigenvalue weighted by molar-refractivity contribution is -0.137. The number of nitrogens with one attached hydrogen (secondary N) is 1. The van der Waals surface area contributed by atoms with E-state index < -0.39 is 5.97 Å². The average molecular weight is 222 g/mol. The van der Waals surface area contributed by atoms with E-state index in [0.29, 0.717) is 12.2 Å². The molecule has 0 aromatic carbocycles. The maximum atomic E-state index is 11.4. The predicted molar refractivity (Wildman–Crippen MR) is 59.1 cm³/mol. The van der Waals surface area contributed by atoms with Gasteiger partial charge in [-0.3, -0.25) is 9.59 Å². The Bertz CT molecular complexity index is 391. The fourth-order valence-electron chi connectivity index (χ4n) is 1.21. The third-order valence-corrected chi connectivity index (χ3v) is 1.98. The Morgan fingerprint density at radius 3 is 2.81 bits per heavy atom. The SMILES string of the molecule is Cc1ccnc(NC(=O)CCCC(=O)O)c1. The molecule has 86 valence electrons. The highest BCUT2D eigenvalue weighted by Gasteiger charge is 2.04. The summed E-state index contributed by atoms with van der Waals surface area (Å²) >= 11 is 0. The zero-order valence-electron chi connectivity index (χ0n) is 9.06. The van der Waals surface area contributed by atoms with Gasteiger partial charge in [0.2, 0.25) is 5.91 Å². The summed E-state index contributed by atoms with van der Waals surface area (Å²) in [5.74, 6) is -0.596. The molecular weight excluding hydrogens is 208 g/mol. The first-order valence-corrected chi connectivity index (χ1v) is 5.02. The number of carbonyl (C=O) groups is 2. The lowest BCUT2D eigenvalue weighted by Gasteiger charge is -2.03. The molecule has 0 saturated carbocycles. The number of carbonyl (C=O) groups excluding carboxylic acids is 1. The molecule has 0 aliphatic rings. The number of rotatable bonds is 5. The highest BCUT2D eigenvalue weighted by molar-refractivity contribution is 5.89. The molecule has 0 saturated heterocycles. The van der Waals surface area contributed by atoms with Crippen LogP contribution in [0.3, 0.4) is 0 Å². The number of aliphatic carboxylic acids is 1. The minimum atomic E-state index is -0.888. The predicted octanol–water partition coefficient (Wildman–Crippen LogP) is 1.58. The molecule has 5 heteroatoms. The van der Waals surface area contributed by atoms with Gasteiger partial charge in [-0.15, -0.1) is 0 Å². The van der Waals surface area contributed by atoms with Crippen molar-refractivity contribution in [3.8, 4) is 0 Å². The van der Waals surface area contributed by atoms with Crippen LogP contribution in [0, 0.1) is 6.92 Å². The van der Waals surface area contributed by atoms with Crippen molar-refractivity contribution in [2.75, 3.05) is 5.32 Å². The van der Waals surface area contributed by atoms with E-state index in [4.69, 9.17) is 5.11 Å². The van der Waals surface area contributed by atoms with Crippen molar-refractivity contribution >= 4 is 17.7 Å². The largest absolute Gasteiger partial charge is 0.481 e. The summed E-state index contributed by atoms with van der Waals surface area (Å²) in [6.07, 6.45) is 2.16. The van der Waals surface area contributed by atoms with Crippen LogP contribution in [-0.4, -0.2) is 22.0 Å². The maximum Gasteiger partial charge on any atom is 0.303 e. The third kappa shape index (κ3) is 4.54. The van der Waals surface area contributed by atoms with Crippen molar-refractivity contribution in [2.24, 2.45) is 0 Å². The number of anilines is 1. The second-order valence-electron chi connectivity index (χ2n) is 3.51. The van der Waals surface area contributed by atoms with Gasteiger partial charge in [0.15, 0.2) is 0 Å². The van der Waals surface area contributed by atoms with Gasteiger partial charge in [-0.2, -0.15) is 0 Å². The molecule has 5 nitrogen and oxygen atoms in total. The Balaban J connectivity index is 2.37. The molecule has 0 aliphatic carbocycles. The molecule has 1 rings (SSSR count). The Morgan fingerprint density at radius 2 is 2.19 bits per heavy atom. The smallest absolute Gasteiger partial charge is 0.303 e. The van der Waals surface area contributed by atoms with Gasteiger partial charge >= 0.3 is 5.97 Å². The van der Waals surface area contributed by atoms with Crippen LogP contribution in [0.25, 0.3) is 0 Å². The third-order valence-electron chi connectivity index (χ3n) is 1.98. The monoisotopic (exact) mass is 222 g/mol. The summed E-state index contributed by atoms with van der Waals surface area (Å²) in [7, 11) is 0. The van der Waals surface area contributed by atoms with Crippen LogP contribution in [0.1, 0.15) is 24.8 Å². The number of carboxylic acids is 1. The maximum absolute atomic E-state index is 11.4. The van der Waals surface area contributed by atoms with E-state index in [2.05, 4.69) is 10.3 Å². The minimum absolute atomic E-state index is 0.00860. The number of hydrogen-bond acceptors (Lipinski definition) is 3. The number of aryl methyl sites for hydroxylation is 1. The van der Waals surface area contributed by atoms with Crippen molar-refractivity contribution in [3.05, 3.63) is 23.9 Å². The average Bonchev–Trinajstić information content (AvgIpc) is 2.16. The molecule has 1 aromatic heterocycles. The molecule has 16 heavy (non-hydrogen) atoms. The lowest BCUT2D eigenvalue weighted by Crippen LogP contribution is -2.12. The Kier molecular flexibility index (Phi) is 4.44. The van der Waals surface area contributed by atoms with E-state index in [1.54, 1.807) is 12.3 Å². The summed E-state index contributed by atoms with van der Waals surface area (Å²) in [5, 5.41) is 11.0. The number of aromatic nitrogens is 1. The van der Waals surface area contributed by atoms with Gasteiger partial charge in [-0.1, -0.05) is 0 Å². The second kappa shape index (κ2) is 5.85. The molecular formula is C11H14N2O3. The molecule has 2 N–H and O–H groups in total.